The lowest BCUT2D eigenvalue weighted by molar-refractivity contribution is -0.139. The molecule has 19 heavy (non-hydrogen) atoms. The maximum atomic E-state index is 10.9. The third-order valence-corrected chi connectivity index (χ3v) is 2.65. The summed E-state index contributed by atoms with van der Waals surface area (Å²) in [6.07, 6.45) is -0.676. The van der Waals surface area contributed by atoms with Crippen molar-refractivity contribution in [2.24, 2.45) is 0 Å². The van der Waals surface area contributed by atoms with Gasteiger partial charge in [0, 0.05) is 6.54 Å². The first-order valence-corrected chi connectivity index (χ1v) is 6.18. The van der Waals surface area contributed by atoms with Crippen LogP contribution in [0.1, 0.15) is 11.1 Å². The Morgan fingerprint density at radius 3 is 2.84 bits per heavy atom. The van der Waals surface area contributed by atoms with Gasteiger partial charge in [0.05, 0.1) is 13.7 Å². The molecule has 2 N–H and O–H groups in total. The standard InChI is InChI=1S/C14H21NO4/c1-10-4-5-11(2)13(6-10)19-9-12(16)7-15-8-14(17)18-3/h4-6,12,15-16H,7-9H2,1-3H3. The van der Waals surface area contributed by atoms with Crippen LogP contribution in [0.3, 0.4) is 0 Å². The van der Waals surface area contributed by atoms with Gasteiger partial charge in [-0.1, -0.05) is 12.1 Å². The van der Waals surface area contributed by atoms with Crippen LogP contribution in [0, 0.1) is 13.8 Å². The number of rotatable bonds is 7. The average molecular weight is 267 g/mol. The minimum atomic E-state index is -0.676. The molecule has 0 aliphatic carbocycles. The molecule has 1 aromatic rings. The minimum absolute atomic E-state index is 0.0804. The van der Waals surface area contributed by atoms with Crippen molar-refractivity contribution in [1.82, 2.24) is 5.32 Å². The van der Waals surface area contributed by atoms with Crippen molar-refractivity contribution in [1.29, 1.82) is 0 Å². The number of nitrogens with one attached hydrogen (secondary N) is 1. The van der Waals surface area contributed by atoms with E-state index >= 15 is 0 Å². The number of carbonyl (C=O) groups excluding carboxylic acids is 1. The fourth-order valence-corrected chi connectivity index (χ4v) is 1.52. The van der Waals surface area contributed by atoms with E-state index in [0.29, 0.717) is 0 Å². The van der Waals surface area contributed by atoms with E-state index in [4.69, 9.17) is 4.74 Å². The van der Waals surface area contributed by atoms with Crippen molar-refractivity contribution in [2.75, 3.05) is 26.8 Å². The number of hydrogen-bond acceptors (Lipinski definition) is 5. The van der Waals surface area contributed by atoms with Crippen LogP contribution >= 0.6 is 0 Å². The van der Waals surface area contributed by atoms with E-state index in [9.17, 15) is 9.90 Å². The maximum absolute atomic E-state index is 10.9. The van der Waals surface area contributed by atoms with Crippen LogP contribution in [0.15, 0.2) is 18.2 Å². The molecule has 5 heteroatoms. The van der Waals surface area contributed by atoms with E-state index in [2.05, 4.69) is 10.1 Å². The van der Waals surface area contributed by atoms with E-state index in [1.165, 1.54) is 7.11 Å². The van der Waals surface area contributed by atoms with Crippen LogP contribution < -0.4 is 10.1 Å². The lowest BCUT2D eigenvalue weighted by Gasteiger charge is -2.14. The molecule has 0 fully saturated rings. The van der Waals surface area contributed by atoms with Crippen molar-refractivity contribution in [3.8, 4) is 5.75 Å². The van der Waals surface area contributed by atoms with Crippen LogP contribution in [0.25, 0.3) is 0 Å². The molecule has 1 atom stereocenters. The fraction of sp³-hybridized carbons (Fsp3) is 0.500. The summed E-state index contributed by atoms with van der Waals surface area (Å²) in [5.74, 6) is 0.412. The van der Waals surface area contributed by atoms with Gasteiger partial charge in [0.15, 0.2) is 0 Å². The van der Waals surface area contributed by atoms with Gasteiger partial charge in [-0.3, -0.25) is 4.79 Å². The second-order valence-electron chi connectivity index (χ2n) is 4.44. The summed E-state index contributed by atoms with van der Waals surface area (Å²) >= 11 is 0. The Kier molecular flexibility index (Phi) is 6.32. The molecule has 1 rings (SSSR count). The molecule has 0 spiro atoms. The molecule has 1 unspecified atom stereocenters. The molecule has 0 bridgehead atoms. The predicted octanol–water partition coefficient (Wildman–Crippen LogP) is 0.806. The van der Waals surface area contributed by atoms with Gasteiger partial charge in [0.2, 0.25) is 0 Å². The first-order chi connectivity index (χ1) is 9.02. The molecule has 5 nitrogen and oxygen atoms in total. The van der Waals surface area contributed by atoms with Crippen molar-refractivity contribution < 1.29 is 19.4 Å². The number of carbonyl (C=O) groups is 1. The highest BCUT2D eigenvalue weighted by atomic mass is 16.5. The Balaban J connectivity index is 2.31. The number of esters is 1. The summed E-state index contributed by atoms with van der Waals surface area (Å²) in [6, 6.07) is 5.92. The predicted molar refractivity (Wildman–Crippen MR) is 72.3 cm³/mol. The minimum Gasteiger partial charge on any atom is -0.491 e. The lowest BCUT2D eigenvalue weighted by Crippen LogP contribution is -2.34. The number of hydrogen-bond donors (Lipinski definition) is 2. The second kappa shape index (κ2) is 7.76. The SMILES string of the molecule is COC(=O)CNCC(O)COc1cc(C)ccc1C. The van der Waals surface area contributed by atoms with Crippen LogP contribution in [0.2, 0.25) is 0 Å². The topological polar surface area (TPSA) is 67.8 Å². The zero-order valence-electron chi connectivity index (χ0n) is 11.6. The first kappa shape index (κ1) is 15.5. The van der Waals surface area contributed by atoms with Crippen LogP contribution in [-0.2, 0) is 9.53 Å². The van der Waals surface area contributed by atoms with E-state index in [1.54, 1.807) is 0 Å². The normalized spacial score (nSPS) is 12.0. The monoisotopic (exact) mass is 267 g/mol. The molecule has 1 aromatic carbocycles. The number of aryl methyl sites for hydroxylation is 2. The zero-order valence-corrected chi connectivity index (χ0v) is 11.6. The van der Waals surface area contributed by atoms with Crippen molar-refractivity contribution in [2.45, 2.75) is 20.0 Å². The Hall–Kier alpha value is -1.59. The van der Waals surface area contributed by atoms with Gasteiger partial charge in [-0.2, -0.15) is 0 Å². The lowest BCUT2D eigenvalue weighted by atomic mass is 10.1. The summed E-state index contributed by atoms with van der Waals surface area (Å²) in [4.78, 5) is 10.9. The van der Waals surface area contributed by atoms with E-state index in [0.717, 1.165) is 16.9 Å². The number of ether oxygens (including phenoxy) is 2. The van der Waals surface area contributed by atoms with Gasteiger partial charge in [0.25, 0.3) is 0 Å². The molecular weight excluding hydrogens is 246 g/mol. The van der Waals surface area contributed by atoms with Gasteiger partial charge in [-0.25, -0.2) is 0 Å². The highest BCUT2D eigenvalue weighted by Gasteiger charge is 2.08. The molecule has 0 amide bonds. The molecule has 0 saturated carbocycles. The summed E-state index contributed by atoms with van der Waals surface area (Å²) < 4.78 is 10.0. The van der Waals surface area contributed by atoms with E-state index < -0.39 is 6.10 Å². The Morgan fingerprint density at radius 1 is 1.42 bits per heavy atom. The zero-order chi connectivity index (χ0) is 14.3. The van der Waals surface area contributed by atoms with Gasteiger partial charge in [0.1, 0.15) is 18.5 Å². The Labute approximate surface area is 113 Å². The highest BCUT2D eigenvalue weighted by Crippen LogP contribution is 2.19. The largest absolute Gasteiger partial charge is 0.491 e. The number of aliphatic hydroxyl groups is 1. The molecule has 0 heterocycles. The van der Waals surface area contributed by atoms with Crippen molar-refractivity contribution in [3.63, 3.8) is 0 Å². The molecule has 0 aromatic heterocycles. The summed E-state index contributed by atoms with van der Waals surface area (Å²) in [5.41, 5.74) is 2.14. The summed E-state index contributed by atoms with van der Waals surface area (Å²) in [6.45, 7) is 4.48. The van der Waals surface area contributed by atoms with Gasteiger partial charge >= 0.3 is 5.97 Å². The second-order valence-corrected chi connectivity index (χ2v) is 4.44. The average Bonchev–Trinajstić information content (AvgIpc) is 2.39. The van der Waals surface area contributed by atoms with Gasteiger partial charge in [-0.15, -0.1) is 0 Å². The van der Waals surface area contributed by atoms with Crippen LogP contribution in [-0.4, -0.2) is 44.0 Å². The Morgan fingerprint density at radius 2 is 2.16 bits per heavy atom. The van der Waals surface area contributed by atoms with Crippen molar-refractivity contribution in [3.05, 3.63) is 29.3 Å². The summed E-state index contributed by atoms with van der Waals surface area (Å²) in [5, 5.41) is 12.5. The fourth-order valence-electron chi connectivity index (χ4n) is 1.52. The van der Waals surface area contributed by atoms with E-state index in [1.807, 2.05) is 32.0 Å². The first-order valence-electron chi connectivity index (χ1n) is 6.18. The van der Waals surface area contributed by atoms with Crippen LogP contribution in [0.5, 0.6) is 5.75 Å². The van der Waals surface area contributed by atoms with Gasteiger partial charge in [-0.05, 0) is 31.0 Å². The maximum Gasteiger partial charge on any atom is 0.319 e. The third-order valence-electron chi connectivity index (χ3n) is 2.65. The highest BCUT2D eigenvalue weighted by molar-refractivity contribution is 5.71. The molecule has 0 aliphatic heterocycles. The summed E-state index contributed by atoms with van der Waals surface area (Å²) in [7, 11) is 1.32. The van der Waals surface area contributed by atoms with Gasteiger partial charge < -0.3 is 19.9 Å². The molecule has 0 radical (unpaired) electrons. The van der Waals surface area contributed by atoms with E-state index in [-0.39, 0.29) is 25.7 Å². The Bertz CT molecular complexity index is 420. The molecule has 0 aliphatic rings. The molecular formula is C14H21NO4. The third kappa shape index (κ3) is 5.72. The quantitative estimate of drug-likeness (QED) is 0.715. The van der Waals surface area contributed by atoms with Crippen molar-refractivity contribution >= 4 is 5.97 Å². The smallest absolute Gasteiger partial charge is 0.319 e. The number of methoxy groups -OCH3 is 1. The number of aliphatic hydroxyl groups excluding tert-OH is 1. The van der Waals surface area contributed by atoms with Crippen LogP contribution in [0.4, 0.5) is 0 Å². The molecule has 106 valence electrons. The number of benzene rings is 1. The molecule has 0 saturated heterocycles.